The van der Waals surface area contributed by atoms with E-state index in [4.69, 9.17) is 4.74 Å². The van der Waals surface area contributed by atoms with E-state index in [9.17, 15) is 4.79 Å². The molecule has 1 amide bonds. The zero-order chi connectivity index (χ0) is 9.52. The number of carbonyl (C=O) groups excluding carboxylic acids is 1. The van der Waals surface area contributed by atoms with Crippen molar-refractivity contribution in [3.63, 3.8) is 0 Å². The van der Waals surface area contributed by atoms with Gasteiger partial charge in [0.2, 0.25) is 6.41 Å². The quantitative estimate of drug-likeness (QED) is 0.688. The Balaban J connectivity index is 2.61. The number of benzene rings is 1. The van der Waals surface area contributed by atoms with Crippen molar-refractivity contribution >= 4 is 6.41 Å². The van der Waals surface area contributed by atoms with Gasteiger partial charge in [0.1, 0.15) is 0 Å². The second-order valence-electron chi connectivity index (χ2n) is 2.66. The second-order valence-corrected chi connectivity index (χ2v) is 2.66. The van der Waals surface area contributed by atoms with Gasteiger partial charge in [-0.3, -0.25) is 4.79 Å². The van der Waals surface area contributed by atoms with Crippen LogP contribution in [0.15, 0.2) is 30.3 Å². The van der Waals surface area contributed by atoms with Gasteiger partial charge in [-0.2, -0.15) is 0 Å². The first-order chi connectivity index (χ1) is 6.38. The summed E-state index contributed by atoms with van der Waals surface area (Å²) in [6.07, 6.45) is 0.612. The molecule has 1 aromatic carbocycles. The highest BCUT2D eigenvalue weighted by atomic mass is 16.5. The minimum absolute atomic E-state index is 0.0635. The fourth-order valence-corrected chi connectivity index (χ4v) is 1.16. The van der Waals surface area contributed by atoms with Gasteiger partial charge in [-0.1, -0.05) is 30.3 Å². The molecule has 1 rings (SSSR count). The number of methoxy groups -OCH3 is 1. The first-order valence-corrected chi connectivity index (χ1v) is 4.13. The smallest absolute Gasteiger partial charge is 0.207 e. The Kier molecular flexibility index (Phi) is 3.99. The van der Waals surface area contributed by atoms with Crippen LogP contribution in [0.4, 0.5) is 0 Å². The van der Waals surface area contributed by atoms with Crippen molar-refractivity contribution in [2.75, 3.05) is 13.7 Å². The Morgan fingerprint density at radius 2 is 2.15 bits per heavy atom. The molecule has 0 aliphatic carbocycles. The van der Waals surface area contributed by atoms with E-state index in [1.54, 1.807) is 7.11 Å². The molecule has 0 spiro atoms. The van der Waals surface area contributed by atoms with Crippen LogP contribution in [0.3, 0.4) is 0 Å². The molecule has 0 radical (unpaired) electrons. The number of hydrogen-bond donors (Lipinski definition) is 1. The summed E-state index contributed by atoms with van der Waals surface area (Å²) in [7, 11) is 1.63. The lowest BCUT2D eigenvalue weighted by Gasteiger charge is -2.14. The SMILES string of the molecule is COC(CNC=O)c1ccccc1. The monoisotopic (exact) mass is 179 g/mol. The molecule has 1 aromatic rings. The number of nitrogens with one attached hydrogen (secondary N) is 1. The molecular formula is C10H13NO2. The standard InChI is InChI=1S/C10H13NO2/c1-13-10(7-11-8-12)9-5-3-2-4-6-9/h2-6,8,10H,7H2,1H3,(H,11,12). The number of hydrogen-bond acceptors (Lipinski definition) is 2. The molecule has 0 fully saturated rings. The molecule has 0 bridgehead atoms. The van der Waals surface area contributed by atoms with Crippen LogP contribution in [0.1, 0.15) is 11.7 Å². The van der Waals surface area contributed by atoms with E-state index in [-0.39, 0.29) is 6.10 Å². The van der Waals surface area contributed by atoms with Gasteiger partial charge in [0.25, 0.3) is 0 Å². The maximum absolute atomic E-state index is 10.1. The molecule has 0 heterocycles. The highest BCUT2D eigenvalue weighted by Crippen LogP contribution is 2.14. The van der Waals surface area contributed by atoms with Crippen LogP contribution in [0, 0.1) is 0 Å². The van der Waals surface area contributed by atoms with Crippen LogP contribution in [0.25, 0.3) is 0 Å². The predicted octanol–water partition coefficient (Wildman–Crippen LogP) is 1.12. The summed E-state index contributed by atoms with van der Waals surface area (Å²) in [6.45, 7) is 0.504. The van der Waals surface area contributed by atoms with Crippen LogP contribution in [-0.4, -0.2) is 20.1 Å². The average molecular weight is 179 g/mol. The molecule has 0 aliphatic rings. The molecule has 13 heavy (non-hydrogen) atoms. The molecule has 1 N–H and O–H groups in total. The van der Waals surface area contributed by atoms with E-state index in [0.29, 0.717) is 13.0 Å². The summed E-state index contributed by atoms with van der Waals surface area (Å²) in [5.74, 6) is 0. The number of ether oxygens (including phenoxy) is 1. The Morgan fingerprint density at radius 1 is 1.46 bits per heavy atom. The largest absolute Gasteiger partial charge is 0.375 e. The normalized spacial score (nSPS) is 12.1. The molecule has 0 aliphatic heterocycles. The topological polar surface area (TPSA) is 38.3 Å². The van der Waals surface area contributed by atoms with Gasteiger partial charge >= 0.3 is 0 Å². The molecule has 1 atom stereocenters. The number of rotatable bonds is 5. The lowest BCUT2D eigenvalue weighted by Crippen LogP contribution is -2.21. The second kappa shape index (κ2) is 5.32. The Labute approximate surface area is 77.7 Å². The fourth-order valence-electron chi connectivity index (χ4n) is 1.16. The molecule has 3 heteroatoms. The summed E-state index contributed by atoms with van der Waals surface area (Å²) in [5, 5.41) is 2.59. The summed E-state index contributed by atoms with van der Waals surface area (Å²) >= 11 is 0. The molecule has 1 unspecified atom stereocenters. The van der Waals surface area contributed by atoms with E-state index < -0.39 is 0 Å². The Morgan fingerprint density at radius 3 is 2.69 bits per heavy atom. The lowest BCUT2D eigenvalue weighted by molar-refractivity contribution is -0.110. The Hall–Kier alpha value is -1.35. The van der Waals surface area contributed by atoms with Gasteiger partial charge < -0.3 is 10.1 Å². The van der Waals surface area contributed by atoms with E-state index in [0.717, 1.165) is 5.56 Å². The predicted molar refractivity (Wildman–Crippen MR) is 50.3 cm³/mol. The van der Waals surface area contributed by atoms with Crippen LogP contribution in [0.2, 0.25) is 0 Å². The molecule has 0 saturated heterocycles. The van der Waals surface area contributed by atoms with Crippen molar-refractivity contribution in [1.29, 1.82) is 0 Å². The van der Waals surface area contributed by atoms with Crippen molar-refractivity contribution in [2.45, 2.75) is 6.10 Å². The van der Waals surface area contributed by atoms with E-state index in [1.807, 2.05) is 30.3 Å². The van der Waals surface area contributed by atoms with Gasteiger partial charge in [-0.15, -0.1) is 0 Å². The van der Waals surface area contributed by atoms with Crippen molar-refractivity contribution in [1.82, 2.24) is 5.32 Å². The maximum atomic E-state index is 10.1. The van der Waals surface area contributed by atoms with Crippen molar-refractivity contribution in [3.05, 3.63) is 35.9 Å². The van der Waals surface area contributed by atoms with Crippen LogP contribution >= 0.6 is 0 Å². The highest BCUT2D eigenvalue weighted by molar-refractivity contribution is 5.46. The van der Waals surface area contributed by atoms with E-state index in [1.165, 1.54) is 0 Å². The minimum atomic E-state index is -0.0635. The maximum Gasteiger partial charge on any atom is 0.207 e. The van der Waals surface area contributed by atoms with E-state index >= 15 is 0 Å². The lowest BCUT2D eigenvalue weighted by atomic mass is 10.1. The summed E-state index contributed by atoms with van der Waals surface area (Å²) in [4.78, 5) is 10.1. The third-order valence-corrected chi connectivity index (χ3v) is 1.84. The first kappa shape index (κ1) is 9.74. The molecule has 0 saturated carbocycles. The average Bonchev–Trinajstić information content (AvgIpc) is 2.21. The van der Waals surface area contributed by atoms with Crippen LogP contribution < -0.4 is 5.32 Å². The summed E-state index contributed by atoms with van der Waals surface area (Å²) in [6, 6.07) is 9.79. The van der Waals surface area contributed by atoms with E-state index in [2.05, 4.69) is 5.32 Å². The highest BCUT2D eigenvalue weighted by Gasteiger charge is 2.07. The third-order valence-electron chi connectivity index (χ3n) is 1.84. The van der Waals surface area contributed by atoms with Crippen LogP contribution in [-0.2, 0) is 9.53 Å². The summed E-state index contributed by atoms with van der Waals surface area (Å²) < 4.78 is 5.22. The number of amides is 1. The van der Waals surface area contributed by atoms with Crippen LogP contribution in [0.5, 0.6) is 0 Å². The fraction of sp³-hybridized carbons (Fsp3) is 0.300. The van der Waals surface area contributed by atoms with Gasteiger partial charge in [-0.25, -0.2) is 0 Å². The van der Waals surface area contributed by atoms with Gasteiger partial charge in [0.05, 0.1) is 6.10 Å². The molecule has 70 valence electrons. The van der Waals surface area contributed by atoms with Crippen molar-refractivity contribution in [2.24, 2.45) is 0 Å². The van der Waals surface area contributed by atoms with Gasteiger partial charge in [0.15, 0.2) is 0 Å². The number of carbonyl (C=O) groups is 1. The van der Waals surface area contributed by atoms with Crippen molar-refractivity contribution in [3.8, 4) is 0 Å². The van der Waals surface area contributed by atoms with Gasteiger partial charge in [-0.05, 0) is 5.56 Å². The van der Waals surface area contributed by atoms with Crippen molar-refractivity contribution < 1.29 is 9.53 Å². The molecule has 0 aromatic heterocycles. The third kappa shape index (κ3) is 2.87. The zero-order valence-electron chi connectivity index (χ0n) is 7.57. The molecule has 3 nitrogen and oxygen atoms in total. The Bertz CT molecular complexity index is 248. The minimum Gasteiger partial charge on any atom is -0.375 e. The first-order valence-electron chi connectivity index (χ1n) is 4.13. The van der Waals surface area contributed by atoms with Gasteiger partial charge in [0, 0.05) is 13.7 Å². The molecular weight excluding hydrogens is 166 g/mol. The zero-order valence-corrected chi connectivity index (χ0v) is 7.57. The summed E-state index contributed by atoms with van der Waals surface area (Å²) in [5.41, 5.74) is 1.07.